The molecule has 0 bridgehead atoms. The van der Waals surface area contributed by atoms with E-state index < -0.39 is 12.4 Å². The first-order chi connectivity index (χ1) is 12.8. The van der Waals surface area contributed by atoms with E-state index in [1.54, 1.807) is 18.2 Å². The minimum absolute atomic E-state index is 0.0517. The lowest BCUT2D eigenvalue weighted by Crippen LogP contribution is -2.12. The van der Waals surface area contributed by atoms with E-state index >= 15 is 0 Å². The zero-order valence-electron chi connectivity index (χ0n) is 14.0. The number of aryl methyl sites for hydroxylation is 1. The Hall–Kier alpha value is -2.51. The lowest BCUT2D eigenvalue weighted by atomic mass is 10.1. The Balaban J connectivity index is 2.18. The number of imidazole rings is 1. The molecule has 0 saturated carbocycles. The second kappa shape index (κ2) is 7.62. The monoisotopic (exact) mass is 411 g/mol. The number of hydrogen-bond donors (Lipinski definition) is 1. The molecule has 0 fully saturated rings. The summed E-state index contributed by atoms with van der Waals surface area (Å²) in [5.74, 6) is -0.988. The minimum atomic E-state index is -2.71. The highest BCUT2D eigenvalue weighted by molar-refractivity contribution is 6.33. The predicted molar refractivity (Wildman–Crippen MR) is 97.7 cm³/mol. The Kier molecular flexibility index (Phi) is 5.43. The summed E-state index contributed by atoms with van der Waals surface area (Å²) in [4.78, 5) is 19.8. The third-order valence-electron chi connectivity index (χ3n) is 3.95. The molecule has 0 atom stereocenters. The SMILES string of the molecule is Cc1nc(-c2cncc(C(F)F)c2)n(Cc2cc(Cl)ccc2Cl)c1C(=O)O. The number of aromatic carboxylic acids is 1. The molecule has 9 heteroatoms. The Bertz CT molecular complexity index is 1020. The van der Waals surface area contributed by atoms with Gasteiger partial charge in [0.1, 0.15) is 5.82 Å². The molecule has 0 radical (unpaired) electrons. The predicted octanol–water partition coefficient (Wildman–Crippen LogP) is 5.24. The Morgan fingerprint density at radius 1 is 1.26 bits per heavy atom. The molecule has 140 valence electrons. The number of hydrogen-bond acceptors (Lipinski definition) is 3. The van der Waals surface area contributed by atoms with Gasteiger partial charge >= 0.3 is 5.97 Å². The normalized spacial score (nSPS) is 11.2. The van der Waals surface area contributed by atoms with E-state index in [4.69, 9.17) is 23.2 Å². The molecule has 1 aromatic carbocycles. The third-order valence-corrected chi connectivity index (χ3v) is 4.55. The lowest BCUT2D eigenvalue weighted by Gasteiger charge is -2.12. The van der Waals surface area contributed by atoms with Crippen molar-refractivity contribution in [2.45, 2.75) is 19.9 Å². The van der Waals surface area contributed by atoms with Crippen LogP contribution in [0, 0.1) is 6.92 Å². The molecule has 27 heavy (non-hydrogen) atoms. The van der Waals surface area contributed by atoms with Gasteiger partial charge in [-0.05, 0) is 36.8 Å². The van der Waals surface area contributed by atoms with Gasteiger partial charge in [0.25, 0.3) is 6.43 Å². The number of pyridine rings is 1. The van der Waals surface area contributed by atoms with Crippen molar-refractivity contribution in [1.29, 1.82) is 0 Å². The van der Waals surface area contributed by atoms with E-state index in [1.165, 1.54) is 23.8 Å². The lowest BCUT2D eigenvalue weighted by molar-refractivity contribution is 0.0685. The Labute approximate surface area is 163 Å². The van der Waals surface area contributed by atoms with Gasteiger partial charge in [-0.25, -0.2) is 18.6 Å². The van der Waals surface area contributed by atoms with Crippen molar-refractivity contribution in [3.05, 3.63) is 69.2 Å². The van der Waals surface area contributed by atoms with Gasteiger partial charge in [-0.15, -0.1) is 0 Å². The fourth-order valence-corrected chi connectivity index (χ4v) is 3.12. The van der Waals surface area contributed by atoms with Crippen molar-refractivity contribution in [3.63, 3.8) is 0 Å². The van der Waals surface area contributed by atoms with Crippen LogP contribution < -0.4 is 0 Å². The summed E-state index contributed by atoms with van der Waals surface area (Å²) in [6, 6.07) is 6.06. The van der Waals surface area contributed by atoms with Crippen molar-refractivity contribution in [1.82, 2.24) is 14.5 Å². The van der Waals surface area contributed by atoms with E-state index in [2.05, 4.69) is 9.97 Å². The summed E-state index contributed by atoms with van der Waals surface area (Å²) in [5.41, 5.74) is 0.754. The van der Waals surface area contributed by atoms with Crippen molar-refractivity contribution in [2.75, 3.05) is 0 Å². The second-order valence-corrected chi connectivity index (χ2v) is 6.65. The molecule has 1 N–H and O–H groups in total. The van der Waals surface area contributed by atoms with E-state index in [0.29, 0.717) is 15.6 Å². The molecule has 0 aliphatic rings. The van der Waals surface area contributed by atoms with Crippen LogP contribution in [0.1, 0.15) is 33.7 Å². The van der Waals surface area contributed by atoms with Gasteiger partial charge in [-0.3, -0.25) is 4.98 Å². The topological polar surface area (TPSA) is 68.0 Å². The molecule has 0 aliphatic heterocycles. The van der Waals surface area contributed by atoms with Gasteiger partial charge in [-0.1, -0.05) is 23.2 Å². The summed E-state index contributed by atoms with van der Waals surface area (Å²) in [7, 11) is 0. The number of carboxylic acids is 1. The van der Waals surface area contributed by atoms with Gasteiger partial charge in [0.05, 0.1) is 12.2 Å². The fraction of sp³-hybridized carbons (Fsp3) is 0.167. The number of benzene rings is 1. The number of halogens is 4. The third kappa shape index (κ3) is 3.94. The van der Waals surface area contributed by atoms with E-state index in [0.717, 1.165) is 6.20 Å². The van der Waals surface area contributed by atoms with Crippen LogP contribution in [0.25, 0.3) is 11.4 Å². The van der Waals surface area contributed by atoms with Gasteiger partial charge in [-0.2, -0.15) is 0 Å². The van der Waals surface area contributed by atoms with Crippen LogP contribution >= 0.6 is 23.2 Å². The molecule has 0 aliphatic carbocycles. The maximum absolute atomic E-state index is 13.0. The summed E-state index contributed by atoms with van der Waals surface area (Å²) < 4.78 is 27.5. The summed E-state index contributed by atoms with van der Waals surface area (Å²) in [5, 5.41) is 10.4. The van der Waals surface area contributed by atoms with Crippen molar-refractivity contribution in [3.8, 4) is 11.4 Å². The Morgan fingerprint density at radius 2 is 2.00 bits per heavy atom. The number of aromatic nitrogens is 3. The highest BCUT2D eigenvalue weighted by atomic mass is 35.5. The highest BCUT2D eigenvalue weighted by Gasteiger charge is 2.23. The first-order valence-electron chi connectivity index (χ1n) is 7.75. The van der Waals surface area contributed by atoms with Crippen molar-refractivity contribution < 1.29 is 18.7 Å². The van der Waals surface area contributed by atoms with Crippen LogP contribution in [0.3, 0.4) is 0 Å². The second-order valence-electron chi connectivity index (χ2n) is 5.80. The molecule has 0 amide bonds. The molecule has 2 aromatic heterocycles. The molecule has 3 rings (SSSR count). The first-order valence-corrected chi connectivity index (χ1v) is 8.51. The number of alkyl halides is 2. The van der Waals surface area contributed by atoms with E-state index in [1.807, 2.05) is 0 Å². The van der Waals surface area contributed by atoms with E-state index in [9.17, 15) is 18.7 Å². The fourth-order valence-electron chi connectivity index (χ4n) is 2.75. The van der Waals surface area contributed by atoms with Crippen LogP contribution in [-0.2, 0) is 6.54 Å². The first kappa shape index (κ1) is 19.3. The van der Waals surface area contributed by atoms with Crippen molar-refractivity contribution >= 4 is 29.2 Å². The maximum Gasteiger partial charge on any atom is 0.354 e. The van der Waals surface area contributed by atoms with Crippen molar-refractivity contribution in [2.24, 2.45) is 0 Å². The molecule has 3 aromatic rings. The maximum atomic E-state index is 13.0. The molecule has 0 spiro atoms. The van der Waals surface area contributed by atoms with Gasteiger partial charge in [0.2, 0.25) is 0 Å². The molecule has 0 saturated heterocycles. The van der Waals surface area contributed by atoms with Crippen LogP contribution in [0.2, 0.25) is 10.0 Å². The average Bonchev–Trinajstić information content (AvgIpc) is 2.94. The minimum Gasteiger partial charge on any atom is -0.477 e. The number of carbonyl (C=O) groups is 1. The van der Waals surface area contributed by atoms with Crippen LogP contribution in [0.15, 0.2) is 36.7 Å². The van der Waals surface area contributed by atoms with Gasteiger partial charge in [0, 0.05) is 33.6 Å². The van der Waals surface area contributed by atoms with Gasteiger partial charge < -0.3 is 9.67 Å². The number of rotatable bonds is 5. The zero-order valence-corrected chi connectivity index (χ0v) is 15.5. The zero-order chi connectivity index (χ0) is 19.7. The van der Waals surface area contributed by atoms with Crippen LogP contribution in [0.5, 0.6) is 0 Å². The van der Waals surface area contributed by atoms with Crippen LogP contribution in [-0.4, -0.2) is 25.6 Å². The molecule has 2 heterocycles. The number of carboxylic acid groups (broad SMARTS) is 1. The summed E-state index contributed by atoms with van der Waals surface area (Å²) in [6.45, 7) is 1.59. The number of nitrogens with zero attached hydrogens (tertiary/aromatic N) is 3. The van der Waals surface area contributed by atoms with E-state index in [-0.39, 0.29) is 34.9 Å². The van der Waals surface area contributed by atoms with Crippen LogP contribution in [0.4, 0.5) is 8.78 Å². The van der Waals surface area contributed by atoms with Gasteiger partial charge in [0.15, 0.2) is 5.69 Å². The quantitative estimate of drug-likeness (QED) is 0.622. The molecular formula is C18H13Cl2F2N3O2. The summed E-state index contributed by atoms with van der Waals surface area (Å²) >= 11 is 12.2. The molecule has 0 unspecified atom stereocenters. The highest BCUT2D eigenvalue weighted by Crippen LogP contribution is 2.29. The standard InChI is InChI=1S/C18H13Cl2F2N3O2/c1-9-15(18(26)27)25(8-12-5-13(19)2-3-14(12)20)17(24-9)11-4-10(16(21)22)6-23-7-11/h2-7,16H,8H2,1H3,(H,26,27). The smallest absolute Gasteiger partial charge is 0.354 e. The Morgan fingerprint density at radius 3 is 2.67 bits per heavy atom. The average molecular weight is 412 g/mol. The summed E-state index contributed by atoms with van der Waals surface area (Å²) in [6.07, 6.45) is -0.293. The molecule has 5 nitrogen and oxygen atoms in total. The molecular weight excluding hydrogens is 399 g/mol. The largest absolute Gasteiger partial charge is 0.477 e.